The van der Waals surface area contributed by atoms with Crippen LogP contribution in [-0.4, -0.2) is 80.9 Å². The number of hydrogen-bond acceptors (Lipinski definition) is 10. The van der Waals surface area contributed by atoms with Crippen molar-refractivity contribution in [3.8, 4) is 0 Å². The van der Waals surface area contributed by atoms with Crippen molar-refractivity contribution in [3.63, 3.8) is 0 Å². The number of rotatable bonds is 9. The molecule has 2 fully saturated rings. The third kappa shape index (κ3) is 7.79. The van der Waals surface area contributed by atoms with Crippen molar-refractivity contribution in [1.82, 2.24) is 9.74 Å². The Kier molecular flexibility index (Phi) is 10.1. The molecule has 0 bridgehead atoms. The fourth-order valence-corrected chi connectivity index (χ4v) is 6.16. The van der Waals surface area contributed by atoms with E-state index in [-0.39, 0.29) is 42.1 Å². The van der Waals surface area contributed by atoms with Gasteiger partial charge in [0.15, 0.2) is 0 Å². The van der Waals surface area contributed by atoms with Crippen LogP contribution < -0.4 is 9.74 Å². The Labute approximate surface area is 230 Å². The van der Waals surface area contributed by atoms with Crippen molar-refractivity contribution in [2.75, 3.05) is 36.3 Å². The third-order valence-electron chi connectivity index (χ3n) is 6.57. The van der Waals surface area contributed by atoms with E-state index in [0.29, 0.717) is 23.3 Å². The molecule has 3 rings (SSSR count). The van der Waals surface area contributed by atoms with Crippen LogP contribution in [0.2, 0.25) is 0 Å². The molecule has 0 spiro atoms. The molecular weight excluding hydrogens is 561 g/mol. The topological polar surface area (TPSA) is 149 Å². The standard InChI is InChI=1S/C24H31ClFN3O9S/c1-14(2)21(27-25)22(31)36-13-37-23(32)28(15(3)30)11-18-12-29(24(33)38-18)17-4-5-19(20(26)10-17)16-6-8-39(34,35)9-7-16/h4-5,10,14,16,18,21,27H,6-9,11-13H2,1-3H3/t18-,21+/m0/s1. The zero-order chi connectivity index (χ0) is 28.9. The second kappa shape index (κ2) is 12.9. The van der Waals surface area contributed by atoms with Crippen molar-refractivity contribution in [2.24, 2.45) is 5.92 Å². The number of halogens is 2. The highest BCUT2D eigenvalue weighted by Crippen LogP contribution is 2.33. The van der Waals surface area contributed by atoms with Gasteiger partial charge in [-0.05, 0) is 54.2 Å². The van der Waals surface area contributed by atoms with E-state index in [0.717, 1.165) is 6.92 Å². The van der Waals surface area contributed by atoms with E-state index in [9.17, 15) is 32.0 Å². The molecule has 2 aliphatic rings. The van der Waals surface area contributed by atoms with Crippen molar-refractivity contribution < 1.29 is 46.2 Å². The molecule has 2 saturated heterocycles. The Bertz CT molecular complexity index is 1200. The lowest BCUT2D eigenvalue weighted by Crippen LogP contribution is -2.43. The minimum Gasteiger partial charge on any atom is -0.442 e. The number of carbonyl (C=O) groups excluding carboxylic acids is 4. The molecule has 0 saturated carbocycles. The number of benzene rings is 1. The average molecular weight is 592 g/mol. The minimum absolute atomic E-state index is 0.000400. The van der Waals surface area contributed by atoms with Gasteiger partial charge in [0.1, 0.15) is 27.8 Å². The molecule has 2 atom stereocenters. The van der Waals surface area contributed by atoms with Gasteiger partial charge in [0, 0.05) is 6.92 Å². The second-order valence-corrected chi connectivity index (χ2v) is 12.2. The summed E-state index contributed by atoms with van der Waals surface area (Å²) < 4.78 is 53.3. The number of sulfone groups is 1. The molecule has 2 aliphatic heterocycles. The average Bonchev–Trinajstić information content (AvgIpc) is 3.22. The van der Waals surface area contributed by atoms with Crippen LogP contribution in [0, 0.1) is 11.7 Å². The van der Waals surface area contributed by atoms with Crippen molar-refractivity contribution in [2.45, 2.75) is 51.7 Å². The van der Waals surface area contributed by atoms with Gasteiger partial charge in [-0.1, -0.05) is 19.9 Å². The van der Waals surface area contributed by atoms with E-state index in [2.05, 4.69) is 4.84 Å². The third-order valence-corrected chi connectivity index (χ3v) is 8.52. The van der Waals surface area contributed by atoms with Crippen LogP contribution in [-0.2, 0) is 33.6 Å². The van der Waals surface area contributed by atoms with E-state index in [1.165, 1.54) is 23.1 Å². The summed E-state index contributed by atoms with van der Waals surface area (Å²) in [5.74, 6) is -2.46. The van der Waals surface area contributed by atoms with E-state index in [1.54, 1.807) is 13.8 Å². The van der Waals surface area contributed by atoms with Crippen LogP contribution >= 0.6 is 11.8 Å². The van der Waals surface area contributed by atoms with E-state index >= 15 is 0 Å². The summed E-state index contributed by atoms with van der Waals surface area (Å²) in [6.45, 7) is 3.37. The second-order valence-electron chi connectivity index (χ2n) is 9.70. The van der Waals surface area contributed by atoms with Gasteiger partial charge in [0.05, 0.1) is 30.3 Å². The molecule has 0 radical (unpaired) electrons. The Morgan fingerprint density at radius 2 is 1.90 bits per heavy atom. The molecule has 12 nitrogen and oxygen atoms in total. The van der Waals surface area contributed by atoms with Crippen LogP contribution in [0.3, 0.4) is 0 Å². The van der Waals surface area contributed by atoms with Crippen molar-refractivity contribution >= 4 is 51.4 Å². The molecule has 216 valence electrons. The number of imide groups is 1. The van der Waals surface area contributed by atoms with E-state index in [4.69, 9.17) is 26.0 Å². The maximum Gasteiger partial charge on any atom is 0.419 e. The first-order valence-electron chi connectivity index (χ1n) is 12.3. The number of carbonyl (C=O) groups is 4. The van der Waals surface area contributed by atoms with Gasteiger partial charge < -0.3 is 14.2 Å². The fraction of sp³-hybridized carbons (Fsp3) is 0.583. The normalized spacial score (nSPS) is 19.9. The van der Waals surface area contributed by atoms with Gasteiger partial charge in [-0.15, -0.1) is 0 Å². The smallest absolute Gasteiger partial charge is 0.419 e. The highest BCUT2D eigenvalue weighted by molar-refractivity contribution is 7.91. The Balaban J connectivity index is 1.58. The van der Waals surface area contributed by atoms with Crippen LogP contribution in [0.4, 0.5) is 19.7 Å². The molecule has 1 N–H and O–H groups in total. The Hall–Kier alpha value is -2.97. The summed E-state index contributed by atoms with van der Waals surface area (Å²) in [6, 6.07) is 3.40. The van der Waals surface area contributed by atoms with E-state index < -0.39 is 58.7 Å². The molecule has 0 aromatic heterocycles. The molecule has 39 heavy (non-hydrogen) atoms. The lowest BCUT2D eigenvalue weighted by molar-refractivity contribution is -0.155. The minimum atomic E-state index is -3.09. The number of cyclic esters (lactones) is 1. The number of anilines is 1. The number of nitrogens with zero attached hydrogens (tertiary/aromatic N) is 2. The number of ether oxygens (including phenoxy) is 3. The largest absolute Gasteiger partial charge is 0.442 e. The van der Waals surface area contributed by atoms with Gasteiger partial charge >= 0.3 is 18.2 Å². The zero-order valence-corrected chi connectivity index (χ0v) is 23.3. The van der Waals surface area contributed by atoms with Crippen LogP contribution in [0.15, 0.2) is 18.2 Å². The highest BCUT2D eigenvalue weighted by Gasteiger charge is 2.37. The predicted octanol–water partition coefficient (Wildman–Crippen LogP) is 2.70. The van der Waals surface area contributed by atoms with Crippen LogP contribution in [0.25, 0.3) is 0 Å². The lowest BCUT2D eigenvalue weighted by Gasteiger charge is -2.23. The number of esters is 1. The van der Waals surface area contributed by atoms with Gasteiger partial charge in [-0.3, -0.25) is 14.5 Å². The van der Waals surface area contributed by atoms with Gasteiger partial charge in [-0.25, -0.2) is 32.1 Å². The molecule has 0 unspecified atom stereocenters. The highest BCUT2D eigenvalue weighted by atomic mass is 35.5. The zero-order valence-electron chi connectivity index (χ0n) is 21.7. The first-order valence-corrected chi connectivity index (χ1v) is 14.5. The Morgan fingerprint density at radius 3 is 2.46 bits per heavy atom. The summed E-state index contributed by atoms with van der Waals surface area (Å²) >= 11 is 5.52. The van der Waals surface area contributed by atoms with Crippen molar-refractivity contribution in [1.29, 1.82) is 0 Å². The molecule has 1 aromatic carbocycles. The molecule has 0 aliphatic carbocycles. The Morgan fingerprint density at radius 1 is 1.23 bits per heavy atom. The first-order chi connectivity index (χ1) is 18.3. The summed E-state index contributed by atoms with van der Waals surface area (Å²) in [7, 11) is -3.09. The van der Waals surface area contributed by atoms with Gasteiger partial charge in [0.2, 0.25) is 12.7 Å². The molecule has 2 heterocycles. The summed E-state index contributed by atoms with van der Waals surface area (Å²) in [5.41, 5.74) is 0.592. The SMILES string of the molecule is CC(=O)N(C[C@H]1CN(c2ccc(C3CCS(=O)(=O)CC3)c(F)c2)C(=O)O1)C(=O)OCOC(=O)[C@H](NCl)C(C)C. The van der Waals surface area contributed by atoms with Crippen molar-refractivity contribution in [3.05, 3.63) is 29.6 Å². The summed E-state index contributed by atoms with van der Waals surface area (Å²) in [6.07, 6.45) is -2.20. The van der Waals surface area contributed by atoms with Crippen LogP contribution in [0.1, 0.15) is 45.1 Å². The lowest BCUT2D eigenvalue weighted by atomic mass is 9.93. The van der Waals surface area contributed by atoms with Gasteiger partial charge in [-0.2, -0.15) is 0 Å². The monoisotopic (exact) mass is 591 g/mol. The van der Waals surface area contributed by atoms with Gasteiger partial charge in [0.25, 0.3) is 0 Å². The quantitative estimate of drug-likeness (QED) is 0.258. The molecular formula is C24H31ClFN3O9S. The first kappa shape index (κ1) is 30.6. The summed E-state index contributed by atoms with van der Waals surface area (Å²) in [5, 5.41) is 0. The number of nitrogens with one attached hydrogen (secondary N) is 1. The maximum absolute atomic E-state index is 14.9. The number of hydrogen-bond donors (Lipinski definition) is 1. The number of amides is 3. The fourth-order valence-electron chi connectivity index (χ4n) is 4.33. The maximum atomic E-state index is 14.9. The van der Waals surface area contributed by atoms with Crippen LogP contribution in [0.5, 0.6) is 0 Å². The van der Waals surface area contributed by atoms with E-state index in [1.807, 2.05) is 0 Å². The summed E-state index contributed by atoms with van der Waals surface area (Å²) in [4.78, 5) is 53.1. The molecule has 15 heteroatoms. The molecule has 3 amide bonds. The molecule has 1 aromatic rings. The predicted molar refractivity (Wildman–Crippen MR) is 137 cm³/mol.